The number of esters is 1. The number of rotatable bonds is 11. The maximum absolute atomic E-state index is 12.2. The van der Waals surface area contributed by atoms with E-state index in [1.165, 1.54) is 0 Å². The molecule has 0 bridgehead atoms. The summed E-state index contributed by atoms with van der Waals surface area (Å²) in [5.74, 6) is 0.151. The lowest BCUT2D eigenvalue weighted by atomic mass is 10.2. The van der Waals surface area contributed by atoms with Gasteiger partial charge in [-0.3, -0.25) is 4.79 Å². The molecule has 0 aliphatic heterocycles. The maximum Gasteiger partial charge on any atom is 0.308 e. The summed E-state index contributed by atoms with van der Waals surface area (Å²) in [5, 5.41) is 0.0952. The highest BCUT2D eigenvalue weighted by Gasteiger charge is 2.39. The first-order valence-corrected chi connectivity index (χ1v) is 12.9. The number of hydrogen-bond acceptors (Lipinski definition) is 4. The largest absolute Gasteiger partial charge is 0.465 e. The lowest BCUT2D eigenvalue weighted by Gasteiger charge is -2.39. The van der Waals surface area contributed by atoms with Crippen LogP contribution in [-0.2, 0) is 25.3 Å². The Kier molecular flexibility index (Phi) is 9.71. The summed E-state index contributed by atoms with van der Waals surface area (Å²) >= 11 is 0. The van der Waals surface area contributed by atoms with Crippen LogP contribution in [0.1, 0.15) is 53.0 Å². The molecular formula is C22H38O4Si. The van der Waals surface area contributed by atoms with E-state index in [9.17, 15) is 4.79 Å². The van der Waals surface area contributed by atoms with Crippen molar-refractivity contribution in [3.8, 4) is 0 Å². The topological polar surface area (TPSA) is 44.8 Å². The van der Waals surface area contributed by atoms with Crippen LogP contribution in [0.2, 0.25) is 18.1 Å². The average molecular weight is 395 g/mol. The van der Waals surface area contributed by atoms with Crippen molar-refractivity contribution in [1.82, 2.24) is 0 Å². The molecule has 0 radical (unpaired) electrons. The van der Waals surface area contributed by atoms with Gasteiger partial charge >= 0.3 is 5.97 Å². The van der Waals surface area contributed by atoms with Gasteiger partial charge in [-0.2, -0.15) is 0 Å². The molecule has 0 saturated carbocycles. The Morgan fingerprint density at radius 1 is 1.11 bits per heavy atom. The fourth-order valence-electron chi connectivity index (χ4n) is 2.28. The third-order valence-electron chi connectivity index (χ3n) is 4.94. The molecule has 154 valence electrons. The molecule has 0 aliphatic rings. The van der Waals surface area contributed by atoms with E-state index in [0.29, 0.717) is 32.2 Å². The lowest BCUT2D eigenvalue weighted by molar-refractivity contribution is -0.146. The highest BCUT2D eigenvalue weighted by atomic mass is 28.4. The van der Waals surface area contributed by atoms with Crippen molar-refractivity contribution in [2.75, 3.05) is 13.2 Å². The zero-order chi connectivity index (χ0) is 20.5. The van der Waals surface area contributed by atoms with Crippen molar-refractivity contribution in [1.29, 1.82) is 0 Å². The quantitative estimate of drug-likeness (QED) is 0.279. The Morgan fingerprint density at radius 2 is 1.74 bits per heavy atom. The standard InChI is InChI=1S/C22H38O4Si/c1-18(2)16-25-21(23)15-20(26-27(6,7)22(3,4)5)13-14-24-17-19-11-9-8-10-12-19/h8-12,18,20H,13-17H2,1-7H3/t20-/m0/s1. The van der Waals surface area contributed by atoms with Gasteiger partial charge < -0.3 is 13.9 Å². The second-order valence-electron chi connectivity index (χ2n) is 9.11. The molecule has 0 N–H and O–H groups in total. The SMILES string of the molecule is CC(C)COC(=O)C[C@H](CCOCc1ccccc1)O[Si](C)(C)C(C)(C)C. The molecule has 5 heteroatoms. The van der Waals surface area contributed by atoms with Crippen LogP contribution in [0.3, 0.4) is 0 Å². The molecule has 0 aliphatic carbocycles. The Labute approximate surface area is 166 Å². The third-order valence-corrected chi connectivity index (χ3v) is 9.47. The van der Waals surface area contributed by atoms with Gasteiger partial charge in [0.1, 0.15) is 0 Å². The second kappa shape index (κ2) is 11.0. The molecule has 27 heavy (non-hydrogen) atoms. The van der Waals surface area contributed by atoms with E-state index in [1.807, 2.05) is 44.2 Å². The minimum absolute atomic E-state index is 0.0952. The molecule has 4 nitrogen and oxygen atoms in total. The normalized spacial score (nSPS) is 13.6. The first-order valence-electron chi connectivity index (χ1n) is 9.96. The highest BCUT2D eigenvalue weighted by molar-refractivity contribution is 6.74. The summed E-state index contributed by atoms with van der Waals surface area (Å²) in [4.78, 5) is 12.2. The summed E-state index contributed by atoms with van der Waals surface area (Å²) in [6, 6.07) is 10.1. The predicted molar refractivity (Wildman–Crippen MR) is 113 cm³/mol. The highest BCUT2D eigenvalue weighted by Crippen LogP contribution is 2.38. The van der Waals surface area contributed by atoms with E-state index in [0.717, 1.165) is 5.56 Å². The van der Waals surface area contributed by atoms with Crippen LogP contribution >= 0.6 is 0 Å². The number of benzene rings is 1. The van der Waals surface area contributed by atoms with Gasteiger partial charge in [-0.25, -0.2) is 0 Å². The van der Waals surface area contributed by atoms with E-state index in [4.69, 9.17) is 13.9 Å². The van der Waals surface area contributed by atoms with Crippen molar-refractivity contribution in [3.63, 3.8) is 0 Å². The Balaban J connectivity index is 2.59. The van der Waals surface area contributed by atoms with Gasteiger partial charge in [0.25, 0.3) is 0 Å². The van der Waals surface area contributed by atoms with Crippen molar-refractivity contribution in [3.05, 3.63) is 35.9 Å². The number of hydrogen-bond donors (Lipinski definition) is 0. The van der Waals surface area contributed by atoms with Crippen LogP contribution in [0, 0.1) is 5.92 Å². The first-order chi connectivity index (χ1) is 12.5. The maximum atomic E-state index is 12.2. The molecule has 1 aromatic carbocycles. The second-order valence-corrected chi connectivity index (χ2v) is 13.9. The van der Waals surface area contributed by atoms with Gasteiger partial charge in [-0.1, -0.05) is 65.0 Å². The zero-order valence-corrected chi connectivity index (χ0v) is 19.2. The summed E-state index contributed by atoms with van der Waals surface area (Å²) in [6.45, 7) is 16.7. The number of carbonyl (C=O) groups is 1. The van der Waals surface area contributed by atoms with Gasteiger partial charge in [0.2, 0.25) is 0 Å². The first kappa shape index (κ1) is 23.9. The van der Waals surface area contributed by atoms with Crippen LogP contribution < -0.4 is 0 Å². The summed E-state index contributed by atoms with van der Waals surface area (Å²) in [6.07, 6.45) is 0.811. The van der Waals surface area contributed by atoms with E-state index in [1.54, 1.807) is 0 Å². The smallest absolute Gasteiger partial charge is 0.308 e. The van der Waals surface area contributed by atoms with Gasteiger partial charge in [0.15, 0.2) is 8.32 Å². The molecule has 1 rings (SSSR count). The molecule has 1 atom stereocenters. The average Bonchev–Trinajstić information content (AvgIpc) is 2.56. The van der Waals surface area contributed by atoms with Crippen LogP contribution in [0.25, 0.3) is 0 Å². The predicted octanol–water partition coefficient (Wildman–Crippen LogP) is 5.57. The van der Waals surface area contributed by atoms with E-state index >= 15 is 0 Å². The van der Waals surface area contributed by atoms with Crippen LogP contribution in [0.15, 0.2) is 30.3 Å². The zero-order valence-electron chi connectivity index (χ0n) is 18.2. The van der Waals surface area contributed by atoms with E-state index in [-0.39, 0.29) is 23.5 Å². The minimum Gasteiger partial charge on any atom is -0.465 e. The number of carbonyl (C=O) groups excluding carboxylic acids is 1. The summed E-state index contributed by atoms with van der Waals surface area (Å²) < 4.78 is 17.7. The molecular weight excluding hydrogens is 356 g/mol. The fourth-order valence-corrected chi connectivity index (χ4v) is 3.67. The Morgan fingerprint density at radius 3 is 2.30 bits per heavy atom. The Hall–Kier alpha value is -1.17. The molecule has 0 heterocycles. The van der Waals surface area contributed by atoms with E-state index < -0.39 is 8.32 Å². The summed E-state index contributed by atoms with van der Waals surface area (Å²) in [7, 11) is -1.97. The monoisotopic (exact) mass is 394 g/mol. The molecule has 0 unspecified atom stereocenters. The summed E-state index contributed by atoms with van der Waals surface area (Å²) in [5.41, 5.74) is 1.15. The molecule has 0 saturated heterocycles. The fraction of sp³-hybridized carbons (Fsp3) is 0.682. The minimum atomic E-state index is -1.97. The van der Waals surface area contributed by atoms with Crippen molar-refractivity contribution in [2.45, 2.75) is 78.3 Å². The van der Waals surface area contributed by atoms with Crippen molar-refractivity contribution >= 4 is 14.3 Å². The van der Waals surface area contributed by atoms with E-state index in [2.05, 4.69) is 33.9 Å². The lowest BCUT2D eigenvalue weighted by Crippen LogP contribution is -2.44. The van der Waals surface area contributed by atoms with Gasteiger partial charge in [-0.05, 0) is 36.0 Å². The third kappa shape index (κ3) is 9.54. The molecule has 1 aromatic rings. The van der Waals surface area contributed by atoms with Crippen LogP contribution in [-0.4, -0.2) is 33.6 Å². The molecule has 0 fully saturated rings. The molecule has 0 amide bonds. The van der Waals surface area contributed by atoms with Gasteiger partial charge in [0.05, 0.1) is 25.7 Å². The van der Waals surface area contributed by atoms with Crippen LogP contribution in [0.5, 0.6) is 0 Å². The van der Waals surface area contributed by atoms with Crippen LogP contribution in [0.4, 0.5) is 0 Å². The van der Waals surface area contributed by atoms with Gasteiger partial charge in [-0.15, -0.1) is 0 Å². The van der Waals surface area contributed by atoms with Crippen molar-refractivity contribution < 1.29 is 18.7 Å². The van der Waals surface area contributed by atoms with Crippen molar-refractivity contribution in [2.24, 2.45) is 5.92 Å². The number of ether oxygens (including phenoxy) is 2. The molecule has 0 spiro atoms. The Bertz CT molecular complexity index is 549. The molecule has 0 aromatic heterocycles. The van der Waals surface area contributed by atoms with Gasteiger partial charge in [0, 0.05) is 6.61 Å².